The molecule has 1 aliphatic heterocycles. The maximum atomic E-state index is 12.3. The first-order chi connectivity index (χ1) is 9.90. The molecule has 1 aliphatic rings. The number of carbonyl (C=O) groups excluding carboxylic acids is 1. The van der Waals surface area contributed by atoms with Gasteiger partial charge in [-0.25, -0.2) is 0 Å². The fourth-order valence-corrected chi connectivity index (χ4v) is 3.83. The van der Waals surface area contributed by atoms with E-state index in [0.717, 1.165) is 15.8 Å². The minimum absolute atomic E-state index is 0.00662. The van der Waals surface area contributed by atoms with Crippen molar-refractivity contribution in [1.29, 1.82) is 0 Å². The van der Waals surface area contributed by atoms with Crippen LogP contribution in [-0.2, 0) is 9.59 Å². The Morgan fingerprint density at radius 2 is 2.24 bits per heavy atom. The van der Waals surface area contributed by atoms with Crippen molar-refractivity contribution in [3.63, 3.8) is 0 Å². The van der Waals surface area contributed by atoms with Gasteiger partial charge in [-0.15, -0.1) is 11.8 Å². The molecule has 1 fully saturated rings. The van der Waals surface area contributed by atoms with E-state index in [4.69, 9.17) is 0 Å². The van der Waals surface area contributed by atoms with E-state index >= 15 is 0 Å². The van der Waals surface area contributed by atoms with Crippen LogP contribution in [-0.4, -0.2) is 40.7 Å². The average molecular weight is 372 g/mol. The number of nitrogens with zero attached hydrogens (tertiary/aromatic N) is 1. The summed E-state index contributed by atoms with van der Waals surface area (Å²) in [6.45, 7) is 2.68. The maximum Gasteiger partial charge on any atom is 0.311 e. The van der Waals surface area contributed by atoms with Crippen LogP contribution in [0.15, 0.2) is 33.6 Å². The van der Waals surface area contributed by atoms with Crippen LogP contribution in [0.5, 0.6) is 0 Å². The number of aliphatic carboxylic acids is 1. The van der Waals surface area contributed by atoms with Crippen molar-refractivity contribution >= 4 is 39.6 Å². The van der Waals surface area contributed by atoms with E-state index in [1.165, 1.54) is 11.8 Å². The number of carbonyl (C=O) groups is 2. The van der Waals surface area contributed by atoms with E-state index in [-0.39, 0.29) is 5.91 Å². The Hall–Kier alpha value is -1.01. The molecule has 6 heteroatoms. The Bertz CT molecular complexity index is 551. The van der Waals surface area contributed by atoms with E-state index in [1.54, 1.807) is 11.8 Å². The normalized spacial score (nSPS) is 22.1. The monoisotopic (exact) mass is 371 g/mol. The summed E-state index contributed by atoms with van der Waals surface area (Å²) in [6.07, 6.45) is 1.38. The fraction of sp³-hybridized carbons (Fsp3) is 0.467. The summed E-state index contributed by atoms with van der Waals surface area (Å²) in [5, 5.41) is 9.29. The van der Waals surface area contributed by atoms with E-state index in [9.17, 15) is 14.7 Å². The number of benzene rings is 1. The molecule has 1 saturated heterocycles. The van der Waals surface area contributed by atoms with Gasteiger partial charge in [0.2, 0.25) is 5.91 Å². The van der Waals surface area contributed by atoms with Crippen molar-refractivity contribution in [2.45, 2.75) is 24.7 Å². The summed E-state index contributed by atoms with van der Waals surface area (Å²) in [5.74, 6) is -0.474. The van der Waals surface area contributed by atoms with E-state index in [0.29, 0.717) is 25.3 Å². The molecule has 114 valence electrons. The van der Waals surface area contributed by atoms with Crippen LogP contribution in [0.1, 0.15) is 19.8 Å². The highest BCUT2D eigenvalue weighted by atomic mass is 79.9. The van der Waals surface area contributed by atoms with E-state index in [2.05, 4.69) is 15.9 Å². The van der Waals surface area contributed by atoms with Crippen LogP contribution in [0.3, 0.4) is 0 Å². The van der Waals surface area contributed by atoms with Gasteiger partial charge in [-0.3, -0.25) is 9.59 Å². The Morgan fingerprint density at radius 3 is 2.90 bits per heavy atom. The Morgan fingerprint density at radius 1 is 1.48 bits per heavy atom. The molecular formula is C15H18BrNO3S. The third kappa shape index (κ3) is 4.23. The summed E-state index contributed by atoms with van der Waals surface area (Å²) in [4.78, 5) is 26.3. The molecule has 21 heavy (non-hydrogen) atoms. The van der Waals surface area contributed by atoms with Crippen molar-refractivity contribution in [2.75, 3.05) is 18.8 Å². The first-order valence-electron chi connectivity index (χ1n) is 6.80. The van der Waals surface area contributed by atoms with E-state index in [1.807, 2.05) is 24.3 Å². The van der Waals surface area contributed by atoms with Crippen LogP contribution < -0.4 is 0 Å². The molecule has 1 unspecified atom stereocenters. The molecule has 0 aliphatic carbocycles. The van der Waals surface area contributed by atoms with Gasteiger partial charge >= 0.3 is 5.97 Å². The number of hydrogen-bond donors (Lipinski definition) is 1. The second-order valence-corrected chi connectivity index (χ2v) is 7.50. The Kier molecular flexibility index (Phi) is 5.32. The smallest absolute Gasteiger partial charge is 0.311 e. The van der Waals surface area contributed by atoms with Gasteiger partial charge in [0.25, 0.3) is 0 Å². The van der Waals surface area contributed by atoms with Crippen LogP contribution in [0, 0.1) is 5.41 Å². The molecule has 0 spiro atoms. The van der Waals surface area contributed by atoms with Crippen LogP contribution in [0.4, 0.5) is 0 Å². The molecule has 1 atom stereocenters. The Labute approximate surface area is 137 Å². The molecule has 1 amide bonds. The standard InChI is InChI=1S/C15H18BrNO3S/c1-15(14(19)20)6-3-7-17(10-15)13(18)9-21-12-5-2-4-11(16)8-12/h2,4-5,8H,3,6-7,9-10H2,1H3,(H,19,20). The Balaban J connectivity index is 1.93. The number of amides is 1. The third-order valence-electron chi connectivity index (χ3n) is 3.72. The zero-order valence-electron chi connectivity index (χ0n) is 11.8. The molecule has 2 rings (SSSR count). The molecule has 1 N–H and O–H groups in total. The lowest BCUT2D eigenvalue weighted by Gasteiger charge is -2.37. The van der Waals surface area contributed by atoms with Crippen molar-refractivity contribution in [1.82, 2.24) is 4.90 Å². The zero-order valence-corrected chi connectivity index (χ0v) is 14.2. The van der Waals surface area contributed by atoms with E-state index < -0.39 is 11.4 Å². The summed E-state index contributed by atoms with van der Waals surface area (Å²) in [7, 11) is 0. The molecule has 1 heterocycles. The predicted molar refractivity (Wildman–Crippen MR) is 86.4 cm³/mol. The van der Waals surface area contributed by atoms with Gasteiger partial charge in [-0.2, -0.15) is 0 Å². The average Bonchev–Trinajstić information content (AvgIpc) is 2.45. The van der Waals surface area contributed by atoms with Gasteiger partial charge in [0.05, 0.1) is 11.2 Å². The molecule has 0 aromatic heterocycles. The quantitative estimate of drug-likeness (QED) is 0.825. The number of piperidine rings is 1. The second kappa shape index (κ2) is 6.83. The molecule has 0 bridgehead atoms. The zero-order chi connectivity index (χ0) is 15.5. The highest BCUT2D eigenvalue weighted by Gasteiger charge is 2.39. The van der Waals surface area contributed by atoms with Gasteiger partial charge in [-0.05, 0) is 38.0 Å². The maximum absolute atomic E-state index is 12.3. The summed E-state index contributed by atoms with van der Waals surface area (Å²) >= 11 is 4.88. The predicted octanol–water partition coefficient (Wildman–Crippen LogP) is 3.25. The highest BCUT2D eigenvalue weighted by molar-refractivity contribution is 9.10. The van der Waals surface area contributed by atoms with Gasteiger partial charge in [0, 0.05) is 22.5 Å². The number of carboxylic acid groups (broad SMARTS) is 1. The first kappa shape index (κ1) is 16.4. The summed E-state index contributed by atoms with van der Waals surface area (Å²) < 4.78 is 0.983. The lowest BCUT2D eigenvalue weighted by atomic mass is 9.82. The molecule has 1 aromatic rings. The van der Waals surface area contributed by atoms with Crippen molar-refractivity contribution in [2.24, 2.45) is 5.41 Å². The molecule has 0 saturated carbocycles. The lowest BCUT2D eigenvalue weighted by Crippen LogP contribution is -2.48. The van der Waals surface area contributed by atoms with Crippen LogP contribution >= 0.6 is 27.7 Å². The molecular weight excluding hydrogens is 354 g/mol. The lowest BCUT2D eigenvalue weighted by molar-refractivity contribution is -0.153. The minimum atomic E-state index is -0.820. The van der Waals surface area contributed by atoms with Crippen LogP contribution in [0.25, 0.3) is 0 Å². The SMILES string of the molecule is CC1(C(=O)O)CCCN(C(=O)CSc2cccc(Br)c2)C1. The summed E-state index contributed by atoms with van der Waals surface area (Å²) in [6, 6.07) is 7.80. The molecule has 1 aromatic carbocycles. The number of hydrogen-bond acceptors (Lipinski definition) is 3. The summed E-state index contributed by atoms with van der Waals surface area (Å²) in [5.41, 5.74) is -0.811. The number of carboxylic acids is 1. The number of rotatable bonds is 4. The van der Waals surface area contributed by atoms with Gasteiger partial charge < -0.3 is 10.0 Å². The number of halogens is 1. The van der Waals surface area contributed by atoms with Crippen LogP contribution in [0.2, 0.25) is 0 Å². The largest absolute Gasteiger partial charge is 0.481 e. The van der Waals surface area contributed by atoms with Gasteiger partial charge in [0.15, 0.2) is 0 Å². The fourth-order valence-electron chi connectivity index (χ4n) is 2.42. The molecule has 4 nitrogen and oxygen atoms in total. The van der Waals surface area contributed by atoms with Crippen molar-refractivity contribution in [3.8, 4) is 0 Å². The number of likely N-dealkylation sites (tertiary alicyclic amines) is 1. The third-order valence-corrected chi connectivity index (χ3v) is 5.20. The first-order valence-corrected chi connectivity index (χ1v) is 8.58. The second-order valence-electron chi connectivity index (χ2n) is 5.53. The van der Waals surface area contributed by atoms with Gasteiger partial charge in [-0.1, -0.05) is 22.0 Å². The topological polar surface area (TPSA) is 57.6 Å². The highest BCUT2D eigenvalue weighted by Crippen LogP contribution is 2.30. The van der Waals surface area contributed by atoms with Crippen molar-refractivity contribution in [3.05, 3.63) is 28.7 Å². The van der Waals surface area contributed by atoms with Crippen molar-refractivity contribution < 1.29 is 14.7 Å². The molecule has 0 radical (unpaired) electrons. The van der Waals surface area contributed by atoms with Gasteiger partial charge in [0.1, 0.15) is 0 Å². The number of thioether (sulfide) groups is 1. The minimum Gasteiger partial charge on any atom is -0.481 e.